The van der Waals surface area contributed by atoms with Crippen molar-refractivity contribution in [1.29, 1.82) is 5.26 Å². The third-order valence-corrected chi connectivity index (χ3v) is 6.78. The molecule has 2 aliphatic rings. The quantitative estimate of drug-likeness (QED) is 0.758. The van der Waals surface area contributed by atoms with E-state index in [1.807, 2.05) is 32.3 Å². The highest BCUT2D eigenvalue weighted by Gasteiger charge is 2.30. The normalized spacial score (nSPS) is 18.9. The van der Waals surface area contributed by atoms with E-state index in [9.17, 15) is 9.59 Å². The first kappa shape index (κ1) is 22.7. The van der Waals surface area contributed by atoms with Gasteiger partial charge in [0.05, 0.1) is 11.4 Å². The zero-order valence-corrected chi connectivity index (χ0v) is 19.7. The Balaban J connectivity index is 1.63. The zero-order chi connectivity index (χ0) is 23.8. The molecule has 4 rings (SSSR count). The standard InChI is InChI=1S/C25H31N5O3/c1-25(2)9-11-30(12-10-25)21-13-17(18-15-28(3)24(32)29(4)16-18)5-7-20(21)27-23(31)22-8-6-19(14-26)33-22/h5-8,13,18H,9-12,15-16H2,1-4H3,(H,27,31). The van der Waals surface area contributed by atoms with Gasteiger partial charge < -0.3 is 24.4 Å². The maximum atomic E-state index is 12.8. The SMILES string of the molecule is CN1CC(c2ccc(NC(=O)c3ccc(C#N)o3)c(N3CCC(C)(C)CC3)c2)CN(C)C1=O. The van der Waals surface area contributed by atoms with E-state index in [-0.39, 0.29) is 29.4 Å². The lowest BCUT2D eigenvalue weighted by Crippen LogP contribution is -2.49. The lowest BCUT2D eigenvalue weighted by molar-refractivity contribution is 0.0996. The molecule has 174 valence electrons. The van der Waals surface area contributed by atoms with E-state index in [0.29, 0.717) is 24.2 Å². The Kier molecular flexibility index (Phi) is 6.07. The van der Waals surface area contributed by atoms with Gasteiger partial charge in [-0.15, -0.1) is 0 Å². The highest BCUT2D eigenvalue weighted by molar-refractivity contribution is 6.04. The molecule has 0 radical (unpaired) electrons. The Morgan fingerprint density at radius 3 is 2.39 bits per heavy atom. The highest BCUT2D eigenvalue weighted by Crippen LogP contribution is 2.37. The summed E-state index contributed by atoms with van der Waals surface area (Å²) in [5.41, 5.74) is 3.13. The van der Waals surface area contributed by atoms with Crippen molar-refractivity contribution < 1.29 is 14.0 Å². The third-order valence-electron chi connectivity index (χ3n) is 6.78. The molecule has 0 saturated carbocycles. The number of piperidine rings is 1. The minimum absolute atomic E-state index is 0.0313. The van der Waals surface area contributed by atoms with Crippen LogP contribution in [0.5, 0.6) is 0 Å². The predicted molar refractivity (Wildman–Crippen MR) is 126 cm³/mol. The second-order valence-electron chi connectivity index (χ2n) is 9.90. The van der Waals surface area contributed by atoms with Crippen molar-refractivity contribution in [2.45, 2.75) is 32.6 Å². The molecule has 0 spiro atoms. The van der Waals surface area contributed by atoms with Crippen LogP contribution in [-0.2, 0) is 0 Å². The van der Waals surface area contributed by atoms with Crippen LogP contribution in [0.4, 0.5) is 16.2 Å². The summed E-state index contributed by atoms with van der Waals surface area (Å²) < 4.78 is 5.30. The molecule has 3 heterocycles. The Hall–Kier alpha value is -3.47. The molecule has 1 aromatic heterocycles. The van der Waals surface area contributed by atoms with Crippen LogP contribution in [0.2, 0.25) is 0 Å². The van der Waals surface area contributed by atoms with E-state index in [1.54, 1.807) is 9.80 Å². The molecule has 0 bridgehead atoms. The fraction of sp³-hybridized carbons (Fsp3) is 0.480. The van der Waals surface area contributed by atoms with E-state index < -0.39 is 0 Å². The van der Waals surface area contributed by atoms with Crippen LogP contribution in [0.15, 0.2) is 34.7 Å². The van der Waals surface area contributed by atoms with E-state index >= 15 is 0 Å². The summed E-state index contributed by atoms with van der Waals surface area (Å²) in [5, 5.41) is 12.0. The number of carbonyl (C=O) groups is 2. The molecule has 33 heavy (non-hydrogen) atoms. The van der Waals surface area contributed by atoms with Crippen molar-refractivity contribution in [2.75, 3.05) is 50.5 Å². The summed E-state index contributed by atoms with van der Waals surface area (Å²) in [6.07, 6.45) is 2.13. The first-order valence-electron chi connectivity index (χ1n) is 11.3. The number of nitrogens with one attached hydrogen (secondary N) is 1. The smallest absolute Gasteiger partial charge is 0.319 e. The van der Waals surface area contributed by atoms with Crippen LogP contribution in [-0.4, -0.2) is 62.0 Å². The number of nitriles is 1. The molecule has 3 amide bonds. The summed E-state index contributed by atoms with van der Waals surface area (Å²) >= 11 is 0. The predicted octanol–water partition coefficient (Wildman–Crippen LogP) is 4.11. The van der Waals surface area contributed by atoms with E-state index in [2.05, 4.69) is 30.1 Å². The fourth-order valence-corrected chi connectivity index (χ4v) is 4.60. The molecule has 0 aliphatic carbocycles. The fourth-order valence-electron chi connectivity index (χ4n) is 4.60. The molecule has 0 unspecified atom stereocenters. The van der Waals surface area contributed by atoms with Gasteiger partial charge in [-0.1, -0.05) is 19.9 Å². The van der Waals surface area contributed by atoms with Gasteiger partial charge >= 0.3 is 6.03 Å². The molecule has 1 aromatic carbocycles. The first-order chi connectivity index (χ1) is 15.7. The lowest BCUT2D eigenvalue weighted by atomic mass is 9.82. The van der Waals surface area contributed by atoms with Gasteiger partial charge in [0, 0.05) is 46.2 Å². The van der Waals surface area contributed by atoms with Gasteiger partial charge in [-0.3, -0.25) is 4.79 Å². The van der Waals surface area contributed by atoms with Crippen molar-refractivity contribution in [3.05, 3.63) is 47.4 Å². The van der Waals surface area contributed by atoms with Crippen LogP contribution >= 0.6 is 0 Å². The van der Waals surface area contributed by atoms with Crippen LogP contribution in [0.1, 0.15) is 54.5 Å². The number of hydrogen-bond acceptors (Lipinski definition) is 5. The van der Waals surface area contributed by atoms with E-state index in [0.717, 1.165) is 37.2 Å². The molecule has 1 N–H and O–H groups in total. The van der Waals surface area contributed by atoms with Crippen LogP contribution in [0, 0.1) is 16.7 Å². The lowest BCUT2D eigenvalue weighted by Gasteiger charge is -2.40. The largest absolute Gasteiger partial charge is 0.440 e. The summed E-state index contributed by atoms with van der Waals surface area (Å²) in [5.74, 6) is 0.0146. The zero-order valence-electron chi connectivity index (χ0n) is 19.7. The number of benzene rings is 1. The summed E-state index contributed by atoms with van der Waals surface area (Å²) in [6.45, 7) is 7.70. The average Bonchev–Trinajstić information content (AvgIpc) is 3.27. The van der Waals surface area contributed by atoms with E-state index in [4.69, 9.17) is 9.68 Å². The average molecular weight is 450 g/mol. The Morgan fingerprint density at radius 2 is 1.79 bits per heavy atom. The molecule has 0 atom stereocenters. The second-order valence-corrected chi connectivity index (χ2v) is 9.90. The molecular weight excluding hydrogens is 418 g/mol. The van der Waals surface area contributed by atoms with Crippen LogP contribution in [0.3, 0.4) is 0 Å². The molecule has 2 saturated heterocycles. The Bertz CT molecular complexity index is 1080. The number of nitrogens with zero attached hydrogens (tertiary/aromatic N) is 4. The van der Waals surface area contributed by atoms with E-state index in [1.165, 1.54) is 12.1 Å². The number of rotatable bonds is 4. The van der Waals surface area contributed by atoms with Crippen LogP contribution in [0.25, 0.3) is 0 Å². The van der Waals surface area contributed by atoms with Crippen molar-refractivity contribution >= 4 is 23.3 Å². The summed E-state index contributed by atoms with van der Waals surface area (Å²) in [4.78, 5) is 30.8. The molecule has 2 aliphatic heterocycles. The van der Waals surface area contributed by atoms with Crippen molar-refractivity contribution in [3.8, 4) is 6.07 Å². The monoisotopic (exact) mass is 449 g/mol. The summed E-state index contributed by atoms with van der Waals surface area (Å²) in [6, 6.07) is 11.0. The topological polar surface area (TPSA) is 92.8 Å². The molecule has 8 heteroatoms. The minimum atomic E-state index is -0.384. The van der Waals surface area contributed by atoms with Crippen LogP contribution < -0.4 is 10.2 Å². The van der Waals surface area contributed by atoms with Gasteiger partial charge in [-0.2, -0.15) is 5.26 Å². The third kappa shape index (κ3) is 4.82. The number of carbonyl (C=O) groups excluding carboxylic acids is 2. The maximum Gasteiger partial charge on any atom is 0.319 e. The van der Waals surface area contributed by atoms with Crippen molar-refractivity contribution in [1.82, 2.24) is 9.80 Å². The minimum Gasteiger partial charge on any atom is -0.440 e. The number of amides is 3. The number of furan rings is 1. The number of hydrogen-bond donors (Lipinski definition) is 1. The number of urea groups is 1. The molecule has 2 fully saturated rings. The van der Waals surface area contributed by atoms with Gasteiger partial charge in [-0.05, 0) is 48.1 Å². The van der Waals surface area contributed by atoms with Gasteiger partial charge in [0.25, 0.3) is 5.91 Å². The van der Waals surface area contributed by atoms with Gasteiger partial charge in [0.15, 0.2) is 5.76 Å². The van der Waals surface area contributed by atoms with Crippen molar-refractivity contribution in [2.24, 2.45) is 5.41 Å². The van der Waals surface area contributed by atoms with Crippen molar-refractivity contribution in [3.63, 3.8) is 0 Å². The first-order valence-corrected chi connectivity index (χ1v) is 11.3. The maximum absolute atomic E-state index is 12.8. The number of likely N-dealkylation sites (N-methyl/N-ethyl adjacent to an activating group) is 2. The Morgan fingerprint density at radius 1 is 1.12 bits per heavy atom. The van der Waals surface area contributed by atoms with Gasteiger partial charge in [0.1, 0.15) is 6.07 Å². The number of anilines is 2. The second kappa shape index (κ2) is 8.81. The molecule has 2 aromatic rings. The Labute approximate surface area is 194 Å². The highest BCUT2D eigenvalue weighted by atomic mass is 16.3. The van der Waals surface area contributed by atoms with Gasteiger partial charge in [0.2, 0.25) is 5.76 Å². The van der Waals surface area contributed by atoms with Gasteiger partial charge in [-0.25, -0.2) is 4.79 Å². The summed E-state index contributed by atoms with van der Waals surface area (Å²) in [7, 11) is 3.65. The molecular formula is C25H31N5O3. The molecule has 8 nitrogen and oxygen atoms in total.